The summed E-state index contributed by atoms with van der Waals surface area (Å²) in [6.07, 6.45) is 2.60. The predicted octanol–water partition coefficient (Wildman–Crippen LogP) is 2.49. The summed E-state index contributed by atoms with van der Waals surface area (Å²) in [5, 5.41) is 20.5. The molecule has 3 aromatic carbocycles. The number of phenols is 2. The molecule has 7 heteroatoms. The molecule has 3 rings (SSSR count). The maximum atomic E-state index is 11.9. The van der Waals surface area contributed by atoms with Crippen LogP contribution < -0.4 is 15.6 Å². The highest BCUT2D eigenvalue weighted by Crippen LogP contribution is 2.26. The number of carbonyl (C=O) groups excluding carboxylic acids is 2. The Hall–Kier alpha value is -4.00. The van der Waals surface area contributed by atoms with Gasteiger partial charge in [-0.3, -0.25) is 20.4 Å². The summed E-state index contributed by atoms with van der Waals surface area (Å²) < 4.78 is 5.53. The first-order valence-corrected chi connectivity index (χ1v) is 8.42. The molecule has 2 amide bonds. The van der Waals surface area contributed by atoms with Crippen LogP contribution in [0.15, 0.2) is 66.7 Å². The van der Waals surface area contributed by atoms with Crippen molar-refractivity contribution in [2.24, 2.45) is 0 Å². The SMILES string of the molecule is O=C(/C=C/c1ccc(O)c(O)c1)NNC(=O)COc1cccc2ccccc12. The minimum Gasteiger partial charge on any atom is -0.504 e. The number of carbonyl (C=O) groups is 2. The van der Waals surface area contributed by atoms with E-state index in [0.29, 0.717) is 11.3 Å². The van der Waals surface area contributed by atoms with Gasteiger partial charge < -0.3 is 14.9 Å². The monoisotopic (exact) mass is 378 g/mol. The first kappa shape index (κ1) is 18.8. The fourth-order valence-corrected chi connectivity index (χ4v) is 2.49. The molecule has 28 heavy (non-hydrogen) atoms. The number of hydrogen-bond acceptors (Lipinski definition) is 5. The second kappa shape index (κ2) is 8.59. The highest BCUT2D eigenvalue weighted by atomic mass is 16.5. The van der Waals surface area contributed by atoms with Crippen molar-refractivity contribution in [2.75, 3.05) is 6.61 Å². The van der Waals surface area contributed by atoms with Crippen LogP contribution >= 0.6 is 0 Å². The zero-order chi connectivity index (χ0) is 19.9. The molecule has 0 fully saturated rings. The van der Waals surface area contributed by atoms with Crippen molar-refractivity contribution in [3.8, 4) is 17.2 Å². The van der Waals surface area contributed by atoms with E-state index < -0.39 is 11.8 Å². The second-order valence-electron chi connectivity index (χ2n) is 5.88. The first-order chi connectivity index (χ1) is 13.5. The Morgan fingerprint density at radius 3 is 2.54 bits per heavy atom. The smallest absolute Gasteiger partial charge is 0.276 e. The van der Waals surface area contributed by atoms with Crippen molar-refractivity contribution in [3.63, 3.8) is 0 Å². The van der Waals surface area contributed by atoms with E-state index in [1.807, 2.05) is 36.4 Å². The molecule has 7 nitrogen and oxygen atoms in total. The molecular weight excluding hydrogens is 360 g/mol. The maximum Gasteiger partial charge on any atom is 0.276 e. The highest BCUT2D eigenvalue weighted by molar-refractivity contribution is 5.93. The van der Waals surface area contributed by atoms with E-state index in [1.54, 1.807) is 6.07 Å². The zero-order valence-corrected chi connectivity index (χ0v) is 14.8. The lowest BCUT2D eigenvalue weighted by Crippen LogP contribution is -2.43. The maximum absolute atomic E-state index is 11.9. The number of aromatic hydroxyl groups is 2. The Labute approximate surface area is 160 Å². The lowest BCUT2D eigenvalue weighted by atomic mass is 10.1. The molecule has 0 unspecified atom stereocenters. The van der Waals surface area contributed by atoms with Gasteiger partial charge in [0.15, 0.2) is 18.1 Å². The molecule has 0 saturated carbocycles. The quantitative estimate of drug-likeness (QED) is 0.310. The van der Waals surface area contributed by atoms with Gasteiger partial charge in [-0.25, -0.2) is 0 Å². The highest BCUT2D eigenvalue weighted by Gasteiger charge is 2.06. The average molecular weight is 378 g/mol. The Bertz CT molecular complexity index is 1040. The number of phenolic OH excluding ortho intramolecular Hbond substituents is 2. The molecule has 0 radical (unpaired) electrons. The number of benzene rings is 3. The molecule has 142 valence electrons. The second-order valence-corrected chi connectivity index (χ2v) is 5.88. The Morgan fingerprint density at radius 1 is 0.929 bits per heavy atom. The normalized spacial score (nSPS) is 10.7. The third-order valence-corrected chi connectivity index (χ3v) is 3.86. The number of ether oxygens (including phenoxy) is 1. The molecule has 0 spiro atoms. The van der Waals surface area contributed by atoms with Gasteiger partial charge in [-0.15, -0.1) is 0 Å². The molecule has 0 atom stereocenters. The number of rotatable bonds is 5. The lowest BCUT2D eigenvalue weighted by molar-refractivity contribution is -0.128. The number of hydrazine groups is 1. The van der Waals surface area contributed by atoms with Crippen molar-refractivity contribution in [1.29, 1.82) is 0 Å². The zero-order valence-electron chi connectivity index (χ0n) is 14.8. The molecule has 0 aromatic heterocycles. The Balaban J connectivity index is 1.49. The summed E-state index contributed by atoms with van der Waals surface area (Å²) in [7, 11) is 0. The topological polar surface area (TPSA) is 108 Å². The lowest BCUT2D eigenvalue weighted by Gasteiger charge is -2.10. The number of amides is 2. The van der Waals surface area contributed by atoms with Gasteiger partial charge in [-0.1, -0.05) is 42.5 Å². The van der Waals surface area contributed by atoms with Crippen molar-refractivity contribution in [1.82, 2.24) is 10.9 Å². The Morgan fingerprint density at radius 2 is 1.71 bits per heavy atom. The standard InChI is InChI=1S/C21H18N2O5/c24-17-10-8-14(12-18(17)25)9-11-20(26)22-23-21(27)13-28-19-7-3-5-15-4-1-2-6-16(15)19/h1-12,24-25H,13H2,(H,22,26)(H,23,27)/b11-9+. The van der Waals surface area contributed by atoms with Crippen LogP contribution in [0.25, 0.3) is 16.8 Å². The van der Waals surface area contributed by atoms with E-state index in [9.17, 15) is 19.8 Å². The molecule has 0 heterocycles. The molecule has 0 aliphatic heterocycles. The van der Waals surface area contributed by atoms with Crippen LogP contribution in [-0.2, 0) is 9.59 Å². The van der Waals surface area contributed by atoms with Crippen molar-refractivity contribution in [2.45, 2.75) is 0 Å². The van der Waals surface area contributed by atoms with E-state index in [4.69, 9.17) is 4.74 Å². The van der Waals surface area contributed by atoms with Gasteiger partial charge in [-0.05, 0) is 35.2 Å². The largest absolute Gasteiger partial charge is 0.504 e. The summed E-state index contributed by atoms with van der Waals surface area (Å²) in [6.45, 7) is -0.260. The minimum atomic E-state index is -0.564. The summed E-state index contributed by atoms with van der Waals surface area (Å²) in [6, 6.07) is 17.3. The van der Waals surface area contributed by atoms with Crippen molar-refractivity contribution in [3.05, 3.63) is 72.3 Å². The van der Waals surface area contributed by atoms with Gasteiger partial charge >= 0.3 is 0 Å². The van der Waals surface area contributed by atoms with E-state index in [1.165, 1.54) is 30.4 Å². The number of hydrogen-bond donors (Lipinski definition) is 4. The summed E-state index contributed by atoms with van der Waals surface area (Å²) in [5.74, 6) is -1.05. The van der Waals surface area contributed by atoms with E-state index in [2.05, 4.69) is 10.9 Å². The fraction of sp³-hybridized carbons (Fsp3) is 0.0476. The average Bonchev–Trinajstić information content (AvgIpc) is 2.71. The van der Waals surface area contributed by atoms with Crippen LogP contribution in [0.2, 0.25) is 0 Å². The van der Waals surface area contributed by atoms with Crippen molar-refractivity contribution >= 4 is 28.7 Å². The Kier molecular flexibility index (Phi) is 5.76. The van der Waals surface area contributed by atoms with Crippen LogP contribution in [0.3, 0.4) is 0 Å². The molecule has 0 aliphatic rings. The third kappa shape index (κ3) is 4.79. The predicted molar refractivity (Wildman–Crippen MR) is 105 cm³/mol. The molecule has 0 aliphatic carbocycles. The van der Waals surface area contributed by atoms with Crippen molar-refractivity contribution < 1.29 is 24.5 Å². The number of nitrogens with one attached hydrogen (secondary N) is 2. The molecule has 4 N–H and O–H groups in total. The van der Waals surface area contributed by atoms with Crippen LogP contribution in [0, 0.1) is 0 Å². The minimum absolute atomic E-state index is 0.250. The van der Waals surface area contributed by atoms with Crippen LogP contribution in [-0.4, -0.2) is 28.6 Å². The molecular formula is C21H18N2O5. The molecule has 0 bridgehead atoms. The van der Waals surface area contributed by atoms with Crippen LogP contribution in [0.1, 0.15) is 5.56 Å². The van der Waals surface area contributed by atoms with Gasteiger partial charge in [0.25, 0.3) is 11.8 Å². The van der Waals surface area contributed by atoms with Gasteiger partial charge in [-0.2, -0.15) is 0 Å². The van der Waals surface area contributed by atoms with Gasteiger partial charge in [0, 0.05) is 11.5 Å². The summed E-state index contributed by atoms with van der Waals surface area (Å²) in [4.78, 5) is 23.6. The first-order valence-electron chi connectivity index (χ1n) is 8.42. The summed E-state index contributed by atoms with van der Waals surface area (Å²) >= 11 is 0. The van der Waals surface area contributed by atoms with Crippen LogP contribution in [0.4, 0.5) is 0 Å². The van der Waals surface area contributed by atoms with Crippen LogP contribution in [0.5, 0.6) is 17.2 Å². The fourth-order valence-electron chi connectivity index (χ4n) is 2.49. The van der Waals surface area contributed by atoms with Gasteiger partial charge in [0.05, 0.1) is 0 Å². The van der Waals surface area contributed by atoms with E-state index in [0.717, 1.165) is 10.8 Å². The molecule has 0 saturated heterocycles. The van der Waals surface area contributed by atoms with Gasteiger partial charge in [0.2, 0.25) is 0 Å². The van der Waals surface area contributed by atoms with E-state index >= 15 is 0 Å². The van der Waals surface area contributed by atoms with E-state index in [-0.39, 0.29) is 18.1 Å². The van der Waals surface area contributed by atoms with Gasteiger partial charge in [0.1, 0.15) is 5.75 Å². The third-order valence-electron chi connectivity index (χ3n) is 3.86. The summed E-state index contributed by atoms with van der Waals surface area (Å²) in [5.41, 5.74) is 5.00. The number of fused-ring (bicyclic) bond motifs is 1. The molecule has 3 aromatic rings.